The SMILES string of the molecule is C/C=C(\C)C(=O)O[C@H]1[C@H](OC(=O)c2ccccc2N)O[C@H](COC(=O)[C@H](N)Cc2ccccc2)[C@@H](O)[C@@H]1OP(=O)(O)O. The van der Waals surface area contributed by atoms with Gasteiger partial charge >= 0.3 is 25.7 Å². The fraction of sp³-hybridized carbons (Fsp3) is 0.370. The number of ether oxygens (including phenoxy) is 4. The van der Waals surface area contributed by atoms with Crippen LogP contribution in [0.1, 0.15) is 29.8 Å². The van der Waals surface area contributed by atoms with E-state index in [1.807, 2.05) is 0 Å². The maximum atomic E-state index is 13.0. The molecule has 228 valence electrons. The molecule has 1 fully saturated rings. The predicted molar refractivity (Wildman–Crippen MR) is 146 cm³/mol. The van der Waals surface area contributed by atoms with E-state index in [1.54, 1.807) is 36.4 Å². The van der Waals surface area contributed by atoms with Crippen LogP contribution in [0.25, 0.3) is 0 Å². The Morgan fingerprint density at radius 2 is 1.69 bits per heavy atom. The molecule has 2 aromatic rings. The molecular weight excluding hydrogens is 575 g/mol. The number of rotatable bonds is 11. The summed E-state index contributed by atoms with van der Waals surface area (Å²) < 4.78 is 38.2. The quantitative estimate of drug-likeness (QED) is 0.0788. The number of hydrogen-bond acceptors (Lipinski definition) is 12. The van der Waals surface area contributed by atoms with Crippen LogP contribution in [0.2, 0.25) is 0 Å². The number of phosphoric acid groups is 1. The van der Waals surface area contributed by atoms with Crippen molar-refractivity contribution in [3.05, 3.63) is 77.4 Å². The van der Waals surface area contributed by atoms with Crippen molar-refractivity contribution >= 4 is 31.4 Å². The molecule has 42 heavy (non-hydrogen) atoms. The third-order valence-electron chi connectivity index (χ3n) is 6.27. The van der Waals surface area contributed by atoms with Gasteiger partial charge in [0.2, 0.25) is 6.29 Å². The second-order valence-electron chi connectivity index (χ2n) is 9.35. The molecule has 6 atom stereocenters. The first-order chi connectivity index (χ1) is 19.8. The lowest BCUT2D eigenvalue weighted by atomic mass is 9.98. The first-order valence-electron chi connectivity index (χ1n) is 12.7. The molecule has 14 nitrogen and oxygen atoms in total. The van der Waals surface area contributed by atoms with Crippen LogP contribution in [0.5, 0.6) is 0 Å². The fourth-order valence-corrected chi connectivity index (χ4v) is 4.50. The molecule has 7 N–H and O–H groups in total. The number of para-hydroxylation sites is 1. The molecule has 1 aliphatic rings. The summed E-state index contributed by atoms with van der Waals surface area (Å²) in [6.45, 7) is 2.24. The summed E-state index contributed by atoms with van der Waals surface area (Å²) in [6, 6.07) is 13.6. The summed E-state index contributed by atoms with van der Waals surface area (Å²) in [4.78, 5) is 57.3. The van der Waals surface area contributed by atoms with Gasteiger partial charge in [-0.05, 0) is 38.0 Å². The topological polar surface area (TPSA) is 227 Å². The first kappa shape index (κ1) is 32.9. The minimum Gasteiger partial charge on any atom is -0.462 e. The van der Waals surface area contributed by atoms with Crippen molar-refractivity contribution in [1.82, 2.24) is 0 Å². The minimum atomic E-state index is -5.34. The van der Waals surface area contributed by atoms with E-state index in [0.717, 1.165) is 5.56 Å². The Kier molecular flexibility index (Phi) is 11.4. The Bertz CT molecular complexity index is 1330. The van der Waals surface area contributed by atoms with Crippen LogP contribution < -0.4 is 11.5 Å². The van der Waals surface area contributed by atoms with Gasteiger partial charge in [-0.3, -0.25) is 9.32 Å². The molecule has 0 aliphatic carbocycles. The molecule has 1 saturated heterocycles. The third kappa shape index (κ3) is 8.94. The number of aliphatic hydroxyl groups excluding tert-OH is 1. The number of esters is 3. The maximum Gasteiger partial charge on any atom is 0.470 e. The average molecular weight is 609 g/mol. The van der Waals surface area contributed by atoms with E-state index >= 15 is 0 Å². The van der Waals surface area contributed by atoms with Crippen molar-refractivity contribution in [3.63, 3.8) is 0 Å². The number of anilines is 1. The average Bonchev–Trinajstić information content (AvgIpc) is 2.94. The third-order valence-corrected chi connectivity index (χ3v) is 6.79. The summed E-state index contributed by atoms with van der Waals surface area (Å²) in [6.07, 6.45) is -7.76. The number of allylic oxidation sites excluding steroid dienone is 1. The van der Waals surface area contributed by atoms with E-state index in [-0.39, 0.29) is 23.2 Å². The van der Waals surface area contributed by atoms with E-state index in [2.05, 4.69) is 0 Å². The summed E-state index contributed by atoms with van der Waals surface area (Å²) in [7, 11) is -5.34. The number of hydrogen-bond donors (Lipinski definition) is 5. The number of benzene rings is 2. The van der Waals surface area contributed by atoms with Crippen LogP contribution in [-0.4, -0.2) is 76.2 Å². The Morgan fingerprint density at radius 1 is 1.05 bits per heavy atom. The molecular formula is C27H33N2O12P. The van der Waals surface area contributed by atoms with E-state index in [1.165, 1.54) is 38.1 Å². The highest BCUT2D eigenvalue weighted by Crippen LogP contribution is 2.42. The van der Waals surface area contributed by atoms with Gasteiger partial charge in [0, 0.05) is 11.3 Å². The second kappa shape index (κ2) is 14.5. The lowest BCUT2D eigenvalue weighted by molar-refractivity contribution is -0.286. The lowest BCUT2D eigenvalue weighted by Gasteiger charge is -2.42. The van der Waals surface area contributed by atoms with Gasteiger partial charge in [-0.2, -0.15) is 0 Å². The minimum absolute atomic E-state index is 0.0394. The van der Waals surface area contributed by atoms with Crippen LogP contribution in [-0.2, 0) is 44.0 Å². The summed E-state index contributed by atoms with van der Waals surface area (Å²) in [5, 5.41) is 11.0. The Labute approximate surface area is 241 Å². The van der Waals surface area contributed by atoms with Gasteiger partial charge in [-0.25, -0.2) is 14.2 Å². The molecule has 0 unspecified atom stereocenters. The Morgan fingerprint density at radius 3 is 2.31 bits per heavy atom. The number of nitrogens with two attached hydrogens (primary N) is 2. The van der Waals surface area contributed by atoms with Gasteiger partial charge in [0.05, 0.1) is 5.56 Å². The van der Waals surface area contributed by atoms with Gasteiger partial charge in [0.25, 0.3) is 0 Å². The van der Waals surface area contributed by atoms with Crippen molar-refractivity contribution < 1.29 is 57.3 Å². The molecule has 2 aromatic carbocycles. The highest BCUT2D eigenvalue weighted by atomic mass is 31.2. The molecule has 0 aromatic heterocycles. The van der Waals surface area contributed by atoms with Gasteiger partial charge in [-0.15, -0.1) is 0 Å². The van der Waals surface area contributed by atoms with Crippen molar-refractivity contribution in [2.24, 2.45) is 5.73 Å². The molecule has 1 heterocycles. The van der Waals surface area contributed by atoms with E-state index in [9.17, 15) is 33.8 Å². The molecule has 0 amide bonds. The second-order valence-corrected chi connectivity index (χ2v) is 10.5. The van der Waals surface area contributed by atoms with Gasteiger partial charge < -0.3 is 45.3 Å². The summed E-state index contributed by atoms with van der Waals surface area (Å²) in [5.41, 5.74) is 12.6. The zero-order chi connectivity index (χ0) is 31.0. The van der Waals surface area contributed by atoms with E-state index in [0.29, 0.717) is 0 Å². The van der Waals surface area contributed by atoms with E-state index in [4.69, 9.17) is 34.9 Å². The Balaban J connectivity index is 1.87. The number of aliphatic hydroxyl groups is 1. The van der Waals surface area contributed by atoms with Gasteiger partial charge in [-0.1, -0.05) is 48.5 Å². The molecule has 0 bridgehead atoms. The van der Waals surface area contributed by atoms with Gasteiger partial charge in [0.1, 0.15) is 31.0 Å². The highest BCUT2D eigenvalue weighted by Gasteiger charge is 2.53. The van der Waals surface area contributed by atoms with Crippen molar-refractivity contribution in [2.45, 2.75) is 57.0 Å². The number of nitrogen functional groups attached to an aromatic ring is 1. The fourth-order valence-electron chi connectivity index (χ4n) is 3.94. The molecule has 15 heteroatoms. The molecule has 1 aliphatic heterocycles. The van der Waals surface area contributed by atoms with E-state index < -0.39 is 69.1 Å². The molecule has 0 saturated carbocycles. The van der Waals surface area contributed by atoms with Crippen LogP contribution in [0.15, 0.2) is 66.2 Å². The standard InChI is InChI=1S/C27H33N2O12P/c1-3-15(2)24(31)39-23-22(41-42(34,35)36)21(30)20(14-37-26(33)19(29)13-16-9-5-4-6-10-16)38-27(23)40-25(32)17-11-7-8-12-18(17)28/h3-12,19-23,27,30H,13-14,28-29H2,1-2H3,(H2,34,35,36)/b15-3+/t19-,20-,21-,22+,23-,27+/m1/s1. The smallest absolute Gasteiger partial charge is 0.462 e. The van der Waals surface area contributed by atoms with Crippen LogP contribution in [0.3, 0.4) is 0 Å². The lowest BCUT2D eigenvalue weighted by Crippen LogP contribution is -2.61. The first-order valence-corrected chi connectivity index (χ1v) is 14.3. The normalized spacial score (nSPS) is 23.5. The van der Waals surface area contributed by atoms with Crippen molar-refractivity contribution in [1.29, 1.82) is 0 Å². The molecule has 0 spiro atoms. The summed E-state index contributed by atoms with van der Waals surface area (Å²) >= 11 is 0. The zero-order valence-corrected chi connectivity index (χ0v) is 23.7. The summed E-state index contributed by atoms with van der Waals surface area (Å²) in [5.74, 6) is -2.89. The monoisotopic (exact) mass is 608 g/mol. The number of carbonyl (C=O) groups excluding carboxylic acids is 3. The largest absolute Gasteiger partial charge is 0.470 e. The predicted octanol–water partition coefficient (Wildman–Crippen LogP) is 0.981. The number of carbonyl (C=O) groups is 3. The highest BCUT2D eigenvalue weighted by molar-refractivity contribution is 7.46. The molecule has 0 radical (unpaired) electrons. The van der Waals surface area contributed by atoms with Gasteiger partial charge in [0.15, 0.2) is 6.10 Å². The maximum absolute atomic E-state index is 13.0. The van der Waals surface area contributed by atoms with Crippen molar-refractivity contribution in [2.75, 3.05) is 12.3 Å². The van der Waals surface area contributed by atoms with Crippen LogP contribution in [0.4, 0.5) is 5.69 Å². The van der Waals surface area contributed by atoms with Crippen molar-refractivity contribution in [3.8, 4) is 0 Å². The Hall–Kier alpha value is -3.62. The zero-order valence-electron chi connectivity index (χ0n) is 22.8. The molecule has 3 rings (SSSR count). The number of phosphoric ester groups is 1. The van der Waals surface area contributed by atoms with Crippen LogP contribution in [0, 0.1) is 0 Å². The van der Waals surface area contributed by atoms with Crippen LogP contribution >= 0.6 is 7.82 Å².